The van der Waals surface area contributed by atoms with E-state index >= 15 is 0 Å². The Bertz CT molecular complexity index is 695. The van der Waals surface area contributed by atoms with Crippen molar-refractivity contribution in [1.82, 2.24) is 14.7 Å². The number of aromatic amines is 1. The molecule has 0 aliphatic rings. The second-order valence-corrected chi connectivity index (χ2v) is 5.78. The molecule has 106 valence electrons. The summed E-state index contributed by atoms with van der Waals surface area (Å²) < 4.78 is 26.6. The third-order valence-corrected chi connectivity index (χ3v) is 4.18. The van der Waals surface area contributed by atoms with Gasteiger partial charge in [0.25, 0.3) is 5.69 Å². The Balaban J connectivity index is 2.20. The van der Waals surface area contributed by atoms with E-state index in [0.717, 1.165) is 12.1 Å². The summed E-state index contributed by atoms with van der Waals surface area (Å²) in [5, 5.41) is 10.5. The average Bonchev–Trinajstić information content (AvgIpc) is 2.92. The van der Waals surface area contributed by atoms with Gasteiger partial charge in [-0.1, -0.05) is 0 Å². The van der Waals surface area contributed by atoms with Crippen molar-refractivity contribution in [3.05, 3.63) is 52.6 Å². The maximum atomic E-state index is 12.1. The van der Waals surface area contributed by atoms with Crippen LogP contribution in [0.4, 0.5) is 5.69 Å². The number of sulfonamides is 1. The quantitative estimate of drug-likeness (QED) is 0.638. The van der Waals surface area contributed by atoms with Gasteiger partial charge in [-0.15, -0.1) is 0 Å². The normalized spacial score (nSPS) is 13.1. The van der Waals surface area contributed by atoms with Crippen molar-refractivity contribution >= 4 is 15.7 Å². The van der Waals surface area contributed by atoms with Crippen LogP contribution in [0.5, 0.6) is 0 Å². The predicted octanol–water partition coefficient (Wildman–Crippen LogP) is 1.36. The van der Waals surface area contributed by atoms with Crippen molar-refractivity contribution in [2.75, 3.05) is 0 Å². The van der Waals surface area contributed by atoms with Crippen LogP contribution in [0.1, 0.15) is 18.8 Å². The molecular formula is C11H12N4O4S. The molecule has 0 spiro atoms. The molecule has 0 aliphatic carbocycles. The molecule has 2 aromatic rings. The summed E-state index contributed by atoms with van der Waals surface area (Å²) in [4.78, 5) is 16.7. The van der Waals surface area contributed by atoms with Crippen LogP contribution in [-0.4, -0.2) is 23.3 Å². The van der Waals surface area contributed by atoms with Crippen molar-refractivity contribution in [2.24, 2.45) is 0 Å². The lowest BCUT2D eigenvalue weighted by molar-refractivity contribution is -0.384. The second-order valence-electron chi connectivity index (χ2n) is 4.07. The van der Waals surface area contributed by atoms with Crippen LogP contribution in [0.3, 0.4) is 0 Å². The minimum absolute atomic E-state index is 0.0403. The zero-order valence-corrected chi connectivity index (χ0v) is 11.3. The molecule has 2 rings (SSSR count). The highest BCUT2D eigenvalue weighted by molar-refractivity contribution is 7.89. The molecule has 1 aromatic heterocycles. The number of rotatable bonds is 5. The van der Waals surface area contributed by atoms with Gasteiger partial charge in [0.15, 0.2) is 0 Å². The molecule has 0 saturated heterocycles. The summed E-state index contributed by atoms with van der Waals surface area (Å²) in [6.07, 6.45) is 3.11. The highest BCUT2D eigenvalue weighted by atomic mass is 32.2. The summed E-state index contributed by atoms with van der Waals surface area (Å²) in [6, 6.07) is 4.13. The number of nitro groups is 1. The van der Waals surface area contributed by atoms with Gasteiger partial charge in [-0.3, -0.25) is 10.1 Å². The Morgan fingerprint density at radius 1 is 1.35 bits per heavy atom. The van der Waals surface area contributed by atoms with E-state index < -0.39 is 21.0 Å². The number of non-ortho nitro benzene ring substituents is 1. The lowest BCUT2D eigenvalue weighted by atomic mass is 10.3. The predicted molar refractivity (Wildman–Crippen MR) is 70.4 cm³/mol. The number of H-pyrrole nitrogens is 1. The van der Waals surface area contributed by atoms with E-state index in [0.29, 0.717) is 5.82 Å². The van der Waals surface area contributed by atoms with Crippen LogP contribution in [-0.2, 0) is 10.0 Å². The number of nitrogens with one attached hydrogen (secondary N) is 2. The van der Waals surface area contributed by atoms with Crippen LogP contribution in [0.2, 0.25) is 0 Å². The zero-order valence-electron chi connectivity index (χ0n) is 10.5. The Labute approximate surface area is 115 Å². The standard InChI is InChI=1S/C11H12N4O4S/c1-8(11-12-6-7-13-11)14-20(18,19)10-4-2-9(3-5-10)15(16)17/h2-8,14H,1H3,(H,12,13). The van der Waals surface area contributed by atoms with Crippen molar-refractivity contribution in [3.63, 3.8) is 0 Å². The summed E-state index contributed by atoms with van der Waals surface area (Å²) in [7, 11) is -3.76. The minimum atomic E-state index is -3.76. The molecule has 1 aromatic carbocycles. The first-order chi connectivity index (χ1) is 9.40. The van der Waals surface area contributed by atoms with Crippen LogP contribution in [0.25, 0.3) is 0 Å². The highest BCUT2D eigenvalue weighted by Gasteiger charge is 2.20. The molecular weight excluding hydrogens is 284 g/mol. The fourth-order valence-corrected chi connectivity index (χ4v) is 2.83. The molecule has 0 aliphatic heterocycles. The molecule has 0 radical (unpaired) electrons. The molecule has 0 fully saturated rings. The van der Waals surface area contributed by atoms with E-state index in [-0.39, 0.29) is 10.6 Å². The Kier molecular flexibility index (Phi) is 3.81. The van der Waals surface area contributed by atoms with Crippen molar-refractivity contribution < 1.29 is 13.3 Å². The van der Waals surface area contributed by atoms with Gasteiger partial charge in [0.2, 0.25) is 10.0 Å². The average molecular weight is 296 g/mol. The summed E-state index contributed by atoms with van der Waals surface area (Å²) >= 11 is 0. The largest absolute Gasteiger partial charge is 0.347 e. The van der Waals surface area contributed by atoms with Gasteiger partial charge in [-0.05, 0) is 19.1 Å². The van der Waals surface area contributed by atoms with E-state index in [1.807, 2.05) is 0 Å². The van der Waals surface area contributed by atoms with Crippen LogP contribution in [0.15, 0.2) is 41.6 Å². The maximum absolute atomic E-state index is 12.1. The molecule has 8 nitrogen and oxygen atoms in total. The molecule has 1 atom stereocenters. The third-order valence-electron chi connectivity index (χ3n) is 2.62. The number of nitro benzene ring substituents is 1. The Morgan fingerprint density at radius 2 is 2.00 bits per heavy atom. The van der Waals surface area contributed by atoms with Gasteiger partial charge in [0.05, 0.1) is 15.9 Å². The lowest BCUT2D eigenvalue weighted by Crippen LogP contribution is -2.27. The summed E-state index contributed by atoms with van der Waals surface area (Å²) in [6.45, 7) is 1.64. The first kappa shape index (κ1) is 14.2. The number of hydrogen-bond acceptors (Lipinski definition) is 5. The smallest absolute Gasteiger partial charge is 0.269 e. The maximum Gasteiger partial charge on any atom is 0.269 e. The van der Waals surface area contributed by atoms with E-state index in [9.17, 15) is 18.5 Å². The number of hydrogen-bond donors (Lipinski definition) is 2. The van der Waals surface area contributed by atoms with E-state index in [4.69, 9.17) is 0 Å². The highest BCUT2D eigenvalue weighted by Crippen LogP contribution is 2.17. The SMILES string of the molecule is CC(NS(=O)(=O)c1ccc([N+](=O)[O-])cc1)c1ncc[nH]1. The van der Waals surface area contributed by atoms with Crippen molar-refractivity contribution in [2.45, 2.75) is 17.9 Å². The van der Waals surface area contributed by atoms with Crippen molar-refractivity contribution in [1.29, 1.82) is 0 Å². The second kappa shape index (κ2) is 5.39. The lowest BCUT2D eigenvalue weighted by Gasteiger charge is -2.11. The zero-order chi connectivity index (χ0) is 14.8. The molecule has 1 heterocycles. The first-order valence-corrected chi connectivity index (χ1v) is 7.14. The molecule has 2 N–H and O–H groups in total. The van der Waals surface area contributed by atoms with Gasteiger partial charge in [0.1, 0.15) is 5.82 Å². The van der Waals surface area contributed by atoms with E-state index in [1.54, 1.807) is 13.1 Å². The van der Waals surface area contributed by atoms with E-state index in [2.05, 4.69) is 14.7 Å². The monoisotopic (exact) mass is 296 g/mol. The van der Waals surface area contributed by atoms with Crippen LogP contribution in [0, 0.1) is 10.1 Å². The van der Waals surface area contributed by atoms with Crippen molar-refractivity contribution in [3.8, 4) is 0 Å². The van der Waals surface area contributed by atoms with Gasteiger partial charge >= 0.3 is 0 Å². The Morgan fingerprint density at radius 3 is 2.50 bits per heavy atom. The number of benzene rings is 1. The van der Waals surface area contributed by atoms with Gasteiger partial charge < -0.3 is 4.98 Å². The number of imidazole rings is 1. The fraction of sp³-hybridized carbons (Fsp3) is 0.182. The number of nitrogens with zero attached hydrogens (tertiary/aromatic N) is 2. The Hall–Kier alpha value is -2.26. The topological polar surface area (TPSA) is 118 Å². The summed E-state index contributed by atoms with van der Waals surface area (Å²) in [5.74, 6) is 0.482. The number of aromatic nitrogens is 2. The molecule has 1 unspecified atom stereocenters. The third kappa shape index (κ3) is 3.00. The molecule has 9 heteroatoms. The first-order valence-electron chi connectivity index (χ1n) is 5.66. The van der Waals surface area contributed by atoms with Gasteiger partial charge in [-0.25, -0.2) is 18.1 Å². The molecule has 0 bridgehead atoms. The molecule has 0 saturated carbocycles. The van der Waals surface area contributed by atoms with Gasteiger partial charge in [0, 0.05) is 24.5 Å². The van der Waals surface area contributed by atoms with E-state index in [1.165, 1.54) is 18.3 Å². The fourth-order valence-electron chi connectivity index (χ4n) is 1.62. The minimum Gasteiger partial charge on any atom is -0.347 e. The molecule has 20 heavy (non-hydrogen) atoms. The van der Waals surface area contributed by atoms with Crippen LogP contribution < -0.4 is 4.72 Å². The summed E-state index contributed by atoms with van der Waals surface area (Å²) in [5.41, 5.74) is -0.164. The van der Waals surface area contributed by atoms with Gasteiger partial charge in [-0.2, -0.15) is 0 Å². The van der Waals surface area contributed by atoms with Crippen LogP contribution >= 0.6 is 0 Å². The molecule has 0 amide bonds.